The Kier molecular flexibility index (Phi) is 3.24. The van der Waals surface area contributed by atoms with Crippen LogP contribution in [0, 0.1) is 0 Å². The fraction of sp³-hybridized carbons (Fsp3) is 0.176. The summed E-state index contributed by atoms with van der Waals surface area (Å²) in [4.78, 5) is 12.4. The van der Waals surface area contributed by atoms with Crippen molar-refractivity contribution in [2.75, 3.05) is 5.75 Å². The van der Waals surface area contributed by atoms with Gasteiger partial charge in [0.25, 0.3) is 0 Å². The fourth-order valence-electron chi connectivity index (χ4n) is 2.64. The number of fused-ring (bicyclic) bond motifs is 1. The van der Waals surface area contributed by atoms with Crippen LogP contribution in [-0.4, -0.2) is 26.8 Å². The Labute approximate surface area is 127 Å². The molecule has 3 nitrogen and oxygen atoms in total. The number of H-pyrrole nitrogens is 1. The van der Waals surface area contributed by atoms with E-state index >= 15 is 0 Å². The van der Waals surface area contributed by atoms with Crippen LogP contribution in [-0.2, 0) is 6.42 Å². The highest BCUT2D eigenvalue weighted by atomic mass is 32.2. The highest BCUT2D eigenvalue weighted by Crippen LogP contribution is 2.26. The molecule has 4 rings (SSSR count). The molecule has 21 heavy (non-hydrogen) atoms. The van der Waals surface area contributed by atoms with Gasteiger partial charge in [0, 0.05) is 17.3 Å². The van der Waals surface area contributed by atoms with Crippen molar-refractivity contribution in [1.29, 1.82) is 0 Å². The lowest BCUT2D eigenvalue weighted by atomic mass is 10.1. The van der Waals surface area contributed by atoms with Crippen molar-refractivity contribution in [2.24, 2.45) is 4.99 Å². The van der Waals surface area contributed by atoms with Gasteiger partial charge in [0.1, 0.15) is 5.04 Å². The lowest BCUT2D eigenvalue weighted by Gasteiger charge is -2.04. The number of benzene rings is 1. The molecule has 3 heterocycles. The Morgan fingerprint density at radius 3 is 2.95 bits per heavy atom. The summed E-state index contributed by atoms with van der Waals surface area (Å²) in [6.45, 7) is 0. The van der Waals surface area contributed by atoms with E-state index in [1.54, 1.807) is 0 Å². The Hall–Kier alpha value is -2.07. The van der Waals surface area contributed by atoms with Crippen molar-refractivity contribution >= 4 is 27.7 Å². The van der Waals surface area contributed by atoms with Crippen molar-refractivity contribution < 1.29 is 0 Å². The van der Waals surface area contributed by atoms with Crippen LogP contribution >= 0.6 is 11.8 Å². The topological polar surface area (TPSA) is 41.0 Å². The summed E-state index contributed by atoms with van der Waals surface area (Å²) in [6.07, 6.45) is 4.70. The van der Waals surface area contributed by atoms with Gasteiger partial charge in [-0.15, -0.1) is 11.8 Å². The molecule has 1 atom stereocenters. The molecule has 1 aliphatic rings. The maximum atomic E-state index is 4.88. The molecule has 0 radical (unpaired) electrons. The van der Waals surface area contributed by atoms with E-state index in [0.29, 0.717) is 6.04 Å². The van der Waals surface area contributed by atoms with Crippen molar-refractivity contribution in [3.05, 3.63) is 66.1 Å². The highest BCUT2D eigenvalue weighted by Gasteiger charge is 2.20. The molecule has 0 bridgehead atoms. The van der Waals surface area contributed by atoms with Crippen LogP contribution in [0.5, 0.6) is 0 Å². The van der Waals surface area contributed by atoms with E-state index in [0.717, 1.165) is 28.4 Å². The summed E-state index contributed by atoms with van der Waals surface area (Å²) in [5.74, 6) is 1.05. The number of hydrogen-bond acceptors (Lipinski definition) is 3. The zero-order chi connectivity index (χ0) is 14.1. The molecule has 0 saturated heterocycles. The van der Waals surface area contributed by atoms with Gasteiger partial charge in [-0.2, -0.15) is 0 Å². The monoisotopic (exact) mass is 293 g/mol. The first-order chi connectivity index (χ1) is 10.4. The summed E-state index contributed by atoms with van der Waals surface area (Å²) in [5.41, 5.74) is 3.54. The molecule has 3 aromatic rings. The summed E-state index contributed by atoms with van der Waals surface area (Å²) < 4.78 is 0. The molecule has 0 fully saturated rings. The zero-order valence-electron chi connectivity index (χ0n) is 11.5. The Morgan fingerprint density at radius 1 is 1.19 bits per heavy atom. The number of nitrogens with one attached hydrogen (secondary N) is 1. The van der Waals surface area contributed by atoms with Gasteiger partial charge in [0.05, 0.1) is 23.4 Å². The van der Waals surface area contributed by atoms with E-state index in [9.17, 15) is 0 Å². The number of rotatable bonds is 3. The summed E-state index contributed by atoms with van der Waals surface area (Å²) in [7, 11) is 0. The number of pyridine rings is 1. The van der Waals surface area contributed by atoms with Crippen LogP contribution in [0.15, 0.2) is 59.9 Å². The zero-order valence-corrected chi connectivity index (χ0v) is 12.3. The molecule has 1 unspecified atom stereocenters. The summed E-state index contributed by atoms with van der Waals surface area (Å²) in [6, 6.07) is 15.1. The van der Waals surface area contributed by atoms with Gasteiger partial charge in [-0.3, -0.25) is 9.98 Å². The first kappa shape index (κ1) is 12.7. The Balaban J connectivity index is 1.57. The van der Waals surface area contributed by atoms with E-state index in [4.69, 9.17) is 4.99 Å². The lowest BCUT2D eigenvalue weighted by Crippen LogP contribution is -2.07. The van der Waals surface area contributed by atoms with Crippen molar-refractivity contribution in [1.82, 2.24) is 9.97 Å². The average molecular weight is 293 g/mol. The molecule has 1 aliphatic heterocycles. The van der Waals surface area contributed by atoms with E-state index in [1.165, 1.54) is 10.9 Å². The maximum absolute atomic E-state index is 4.88. The van der Waals surface area contributed by atoms with E-state index in [2.05, 4.69) is 46.4 Å². The molecular weight excluding hydrogens is 278 g/mol. The number of aromatic amines is 1. The third kappa shape index (κ3) is 2.59. The van der Waals surface area contributed by atoms with E-state index in [-0.39, 0.29) is 0 Å². The van der Waals surface area contributed by atoms with Gasteiger partial charge in [0.15, 0.2) is 0 Å². The predicted octanol–water partition coefficient (Wildman–Crippen LogP) is 3.67. The third-order valence-corrected chi connectivity index (χ3v) is 4.83. The number of hydrogen-bond donors (Lipinski definition) is 1. The largest absolute Gasteiger partial charge is 0.352 e. The lowest BCUT2D eigenvalue weighted by molar-refractivity contribution is 0.762. The standard InChI is InChI=1S/C17H15N3S/c1-2-4-12(5-3-1)8-14-11-21-17(19-14)15-9-13-6-7-18-10-16(13)20-15/h1-7,9-10,14,20H,8,11H2. The molecule has 0 aliphatic carbocycles. The van der Waals surface area contributed by atoms with Crippen LogP contribution in [0.25, 0.3) is 10.9 Å². The highest BCUT2D eigenvalue weighted by molar-refractivity contribution is 8.14. The van der Waals surface area contributed by atoms with Crippen LogP contribution < -0.4 is 0 Å². The Morgan fingerprint density at radius 2 is 2.10 bits per heavy atom. The number of nitrogens with zero attached hydrogens (tertiary/aromatic N) is 2. The minimum atomic E-state index is 0.372. The quantitative estimate of drug-likeness (QED) is 0.800. The van der Waals surface area contributed by atoms with Crippen molar-refractivity contribution in [3.63, 3.8) is 0 Å². The molecule has 0 saturated carbocycles. The van der Waals surface area contributed by atoms with Gasteiger partial charge in [-0.05, 0) is 24.1 Å². The number of thioether (sulfide) groups is 1. The molecular formula is C17H15N3S. The van der Waals surface area contributed by atoms with Crippen LogP contribution in [0.1, 0.15) is 11.3 Å². The second-order valence-corrected chi connectivity index (χ2v) is 6.24. The van der Waals surface area contributed by atoms with Crippen molar-refractivity contribution in [3.8, 4) is 0 Å². The second-order valence-electron chi connectivity index (χ2n) is 5.23. The average Bonchev–Trinajstić information content (AvgIpc) is 3.14. The molecule has 0 spiro atoms. The second kappa shape index (κ2) is 5.37. The first-order valence-electron chi connectivity index (χ1n) is 7.06. The van der Waals surface area contributed by atoms with Crippen molar-refractivity contribution in [2.45, 2.75) is 12.5 Å². The minimum Gasteiger partial charge on any atom is -0.352 e. The first-order valence-corrected chi connectivity index (χ1v) is 8.05. The van der Waals surface area contributed by atoms with E-state index in [1.807, 2.05) is 30.2 Å². The van der Waals surface area contributed by atoms with Gasteiger partial charge >= 0.3 is 0 Å². The SMILES string of the molecule is c1ccc(CC2CSC(c3cc4ccncc4[nH]3)=N2)cc1. The van der Waals surface area contributed by atoms with Gasteiger partial charge in [0.2, 0.25) is 0 Å². The third-order valence-electron chi connectivity index (χ3n) is 3.68. The van der Waals surface area contributed by atoms with Crippen LogP contribution in [0.2, 0.25) is 0 Å². The van der Waals surface area contributed by atoms with Crippen LogP contribution in [0.3, 0.4) is 0 Å². The normalized spacial score (nSPS) is 18.1. The molecule has 1 N–H and O–H groups in total. The molecule has 104 valence electrons. The van der Waals surface area contributed by atoms with Crippen LogP contribution in [0.4, 0.5) is 0 Å². The minimum absolute atomic E-state index is 0.372. The predicted molar refractivity (Wildman–Crippen MR) is 89.0 cm³/mol. The Bertz CT molecular complexity index is 759. The van der Waals surface area contributed by atoms with Gasteiger partial charge in [-0.25, -0.2) is 0 Å². The van der Waals surface area contributed by atoms with Gasteiger partial charge in [-0.1, -0.05) is 30.3 Å². The molecule has 0 amide bonds. The number of aliphatic imine (C=N–C) groups is 1. The molecule has 2 aromatic heterocycles. The van der Waals surface area contributed by atoms with Gasteiger partial charge < -0.3 is 4.98 Å². The maximum Gasteiger partial charge on any atom is 0.114 e. The smallest absolute Gasteiger partial charge is 0.114 e. The fourth-order valence-corrected chi connectivity index (χ4v) is 3.67. The van der Waals surface area contributed by atoms with E-state index < -0.39 is 0 Å². The summed E-state index contributed by atoms with van der Waals surface area (Å²) >= 11 is 1.84. The summed E-state index contributed by atoms with van der Waals surface area (Å²) in [5, 5.41) is 2.31. The molecule has 4 heteroatoms. The molecule has 1 aromatic carbocycles. The number of aromatic nitrogens is 2.